The first kappa shape index (κ1) is 21.2. The number of rotatable bonds is 7. The third kappa shape index (κ3) is 5.23. The maximum absolute atomic E-state index is 12.3. The van der Waals surface area contributed by atoms with Crippen LogP contribution in [0.2, 0.25) is 0 Å². The third-order valence-electron chi connectivity index (χ3n) is 6.14. The molecule has 0 aliphatic carbocycles. The lowest BCUT2D eigenvalue weighted by Crippen LogP contribution is -2.45. The number of fused-ring (bicyclic) bond motifs is 1. The molecule has 2 fully saturated rings. The number of piperazine rings is 1. The van der Waals surface area contributed by atoms with Crippen LogP contribution in [-0.2, 0) is 17.8 Å². The maximum Gasteiger partial charge on any atom is 0.273 e. The van der Waals surface area contributed by atoms with Gasteiger partial charge in [0.25, 0.3) is 5.91 Å². The van der Waals surface area contributed by atoms with Crippen molar-refractivity contribution in [3.63, 3.8) is 0 Å². The normalized spacial score (nSPS) is 21.6. The number of amides is 1. The lowest BCUT2D eigenvalue weighted by Gasteiger charge is -2.34. The fourth-order valence-electron chi connectivity index (χ4n) is 4.33. The zero-order chi connectivity index (χ0) is 21.8. The molecule has 1 unspecified atom stereocenters. The van der Waals surface area contributed by atoms with Crippen molar-refractivity contribution >= 4 is 5.91 Å². The van der Waals surface area contributed by atoms with Gasteiger partial charge in [-0.25, -0.2) is 4.98 Å². The van der Waals surface area contributed by atoms with Crippen molar-refractivity contribution < 1.29 is 23.4 Å². The summed E-state index contributed by atoms with van der Waals surface area (Å²) < 4.78 is 22.4. The summed E-state index contributed by atoms with van der Waals surface area (Å²) in [6.07, 6.45) is 3.60. The van der Waals surface area contributed by atoms with Crippen molar-refractivity contribution in [3.8, 4) is 11.5 Å². The molecule has 4 heterocycles. The number of carbonyl (C=O) groups is 1. The van der Waals surface area contributed by atoms with Gasteiger partial charge in [0.2, 0.25) is 5.89 Å². The van der Waals surface area contributed by atoms with E-state index in [1.54, 1.807) is 0 Å². The molecule has 3 aliphatic rings. The monoisotopic (exact) mass is 442 g/mol. The fourth-order valence-corrected chi connectivity index (χ4v) is 4.33. The van der Waals surface area contributed by atoms with Crippen LogP contribution in [0.15, 0.2) is 28.9 Å². The zero-order valence-corrected chi connectivity index (χ0v) is 18.3. The number of carbonyl (C=O) groups excluding carboxylic acids is 1. The molecule has 2 saturated heterocycles. The standard InChI is InChI=1S/C23H30N4O5/c28-23(24-13-18-2-1-9-29-18)19-16-32-22(25-19)15-27-7-5-26(6-8-27)14-17-3-4-20-21(12-17)31-11-10-30-20/h3-4,12,16,18H,1-2,5-11,13-15H2,(H,24,28). The Labute approximate surface area is 187 Å². The van der Waals surface area contributed by atoms with Crippen molar-refractivity contribution in [3.05, 3.63) is 41.6 Å². The molecule has 1 aromatic heterocycles. The number of oxazole rings is 1. The van der Waals surface area contributed by atoms with Crippen molar-refractivity contribution in [2.45, 2.75) is 32.0 Å². The first-order chi connectivity index (χ1) is 15.7. The molecule has 9 nitrogen and oxygen atoms in total. The Kier molecular flexibility index (Phi) is 6.56. The second-order valence-corrected chi connectivity index (χ2v) is 8.50. The molecule has 0 saturated carbocycles. The Balaban J connectivity index is 1.06. The third-order valence-corrected chi connectivity index (χ3v) is 6.14. The topological polar surface area (TPSA) is 89.3 Å². The van der Waals surface area contributed by atoms with E-state index in [0.29, 0.717) is 37.9 Å². The summed E-state index contributed by atoms with van der Waals surface area (Å²) in [5.41, 5.74) is 1.56. The number of nitrogens with zero attached hydrogens (tertiary/aromatic N) is 3. The van der Waals surface area contributed by atoms with Gasteiger partial charge in [0, 0.05) is 45.9 Å². The van der Waals surface area contributed by atoms with Crippen LogP contribution < -0.4 is 14.8 Å². The van der Waals surface area contributed by atoms with Crippen LogP contribution in [0.1, 0.15) is 34.8 Å². The number of benzene rings is 1. The van der Waals surface area contributed by atoms with Crippen molar-refractivity contribution in [1.82, 2.24) is 20.1 Å². The van der Waals surface area contributed by atoms with Gasteiger partial charge >= 0.3 is 0 Å². The average Bonchev–Trinajstić information content (AvgIpc) is 3.51. The highest BCUT2D eigenvalue weighted by molar-refractivity contribution is 5.91. The predicted octanol–water partition coefficient (Wildman–Crippen LogP) is 1.67. The molecule has 0 spiro atoms. The fraction of sp³-hybridized carbons (Fsp3) is 0.565. The zero-order valence-electron chi connectivity index (χ0n) is 18.3. The van der Waals surface area contributed by atoms with E-state index in [-0.39, 0.29) is 12.0 Å². The molecule has 0 bridgehead atoms. The van der Waals surface area contributed by atoms with Gasteiger partial charge in [-0.1, -0.05) is 6.07 Å². The van der Waals surface area contributed by atoms with E-state index in [4.69, 9.17) is 18.6 Å². The molecule has 0 radical (unpaired) electrons. The quantitative estimate of drug-likeness (QED) is 0.693. The first-order valence-electron chi connectivity index (χ1n) is 11.4. The molecule has 1 aromatic carbocycles. The second-order valence-electron chi connectivity index (χ2n) is 8.50. The van der Waals surface area contributed by atoms with Gasteiger partial charge in [-0.05, 0) is 30.5 Å². The summed E-state index contributed by atoms with van der Waals surface area (Å²) in [5, 5.41) is 2.88. The Morgan fingerprint density at radius 1 is 1.03 bits per heavy atom. The van der Waals surface area contributed by atoms with Crippen LogP contribution in [0.4, 0.5) is 0 Å². The smallest absolute Gasteiger partial charge is 0.273 e. The van der Waals surface area contributed by atoms with Crippen LogP contribution in [0.25, 0.3) is 0 Å². The van der Waals surface area contributed by atoms with Crippen molar-refractivity contribution in [2.24, 2.45) is 0 Å². The molecule has 1 N–H and O–H groups in total. The predicted molar refractivity (Wildman–Crippen MR) is 116 cm³/mol. The van der Waals surface area contributed by atoms with Gasteiger partial charge in [0.05, 0.1) is 12.6 Å². The van der Waals surface area contributed by atoms with Crippen molar-refractivity contribution in [2.75, 3.05) is 52.5 Å². The summed E-state index contributed by atoms with van der Waals surface area (Å²) in [7, 11) is 0. The SMILES string of the molecule is O=C(NCC1CCCO1)c1coc(CN2CCN(Cc3ccc4c(c3)OCCO4)CC2)n1. The summed E-state index contributed by atoms with van der Waals surface area (Å²) in [5.74, 6) is 2.04. The molecule has 1 amide bonds. The van der Waals surface area contributed by atoms with Crippen molar-refractivity contribution in [1.29, 1.82) is 0 Å². The van der Waals surface area contributed by atoms with Crippen LogP contribution in [0.5, 0.6) is 11.5 Å². The summed E-state index contributed by atoms with van der Waals surface area (Å²) >= 11 is 0. The molecular weight excluding hydrogens is 412 g/mol. The molecule has 3 aliphatic heterocycles. The molecule has 32 heavy (non-hydrogen) atoms. The summed E-state index contributed by atoms with van der Waals surface area (Å²) in [6.45, 7) is 7.78. The van der Waals surface area contributed by atoms with Gasteiger partial charge < -0.3 is 23.9 Å². The summed E-state index contributed by atoms with van der Waals surface area (Å²) in [6, 6.07) is 6.19. The average molecular weight is 443 g/mol. The van der Waals surface area contributed by atoms with E-state index in [1.807, 2.05) is 6.07 Å². The van der Waals surface area contributed by atoms with Gasteiger partial charge in [-0.3, -0.25) is 14.6 Å². The first-order valence-corrected chi connectivity index (χ1v) is 11.4. The highest BCUT2D eigenvalue weighted by Crippen LogP contribution is 2.31. The highest BCUT2D eigenvalue weighted by Gasteiger charge is 2.22. The van der Waals surface area contributed by atoms with Crippen LogP contribution >= 0.6 is 0 Å². The van der Waals surface area contributed by atoms with E-state index < -0.39 is 0 Å². The van der Waals surface area contributed by atoms with E-state index in [2.05, 4.69) is 32.2 Å². The highest BCUT2D eigenvalue weighted by atomic mass is 16.6. The number of ether oxygens (including phenoxy) is 3. The molecular formula is C23H30N4O5. The second kappa shape index (κ2) is 9.89. The van der Waals surface area contributed by atoms with Crippen LogP contribution in [-0.4, -0.2) is 79.3 Å². The lowest BCUT2D eigenvalue weighted by molar-refractivity contribution is 0.0853. The lowest BCUT2D eigenvalue weighted by atomic mass is 10.1. The van der Waals surface area contributed by atoms with E-state index in [9.17, 15) is 4.79 Å². The van der Waals surface area contributed by atoms with Gasteiger partial charge in [-0.2, -0.15) is 0 Å². The van der Waals surface area contributed by atoms with Gasteiger partial charge in [0.1, 0.15) is 19.5 Å². The Morgan fingerprint density at radius 2 is 1.81 bits per heavy atom. The number of aromatic nitrogens is 1. The molecule has 2 aromatic rings. The Morgan fingerprint density at radius 3 is 2.59 bits per heavy atom. The van der Waals surface area contributed by atoms with Gasteiger partial charge in [0.15, 0.2) is 17.2 Å². The number of hydrogen-bond acceptors (Lipinski definition) is 8. The minimum absolute atomic E-state index is 0.115. The molecule has 5 rings (SSSR count). The Bertz CT molecular complexity index is 919. The minimum atomic E-state index is -0.209. The Hall–Kier alpha value is -2.62. The maximum atomic E-state index is 12.3. The van der Waals surface area contributed by atoms with Gasteiger partial charge in [-0.15, -0.1) is 0 Å². The van der Waals surface area contributed by atoms with E-state index in [1.165, 1.54) is 11.8 Å². The number of hydrogen-bond donors (Lipinski definition) is 1. The summed E-state index contributed by atoms with van der Waals surface area (Å²) in [4.78, 5) is 21.4. The van der Waals surface area contributed by atoms with E-state index in [0.717, 1.165) is 63.7 Å². The minimum Gasteiger partial charge on any atom is -0.486 e. The van der Waals surface area contributed by atoms with Crippen LogP contribution in [0.3, 0.4) is 0 Å². The van der Waals surface area contributed by atoms with E-state index >= 15 is 0 Å². The number of nitrogens with one attached hydrogen (secondary N) is 1. The molecule has 172 valence electrons. The largest absolute Gasteiger partial charge is 0.486 e. The van der Waals surface area contributed by atoms with Crippen LogP contribution in [0, 0.1) is 0 Å². The molecule has 1 atom stereocenters. The molecule has 9 heteroatoms.